The van der Waals surface area contributed by atoms with E-state index in [-0.39, 0.29) is 24.1 Å². The molecule has 1 aliphatic heterocycles. The Morgan fingerprint density at radius 2 is 2.09 bits per heavy atom. The number of anilines is 2. The number of ether oxygens (including phenoxy) is 1. The van der Waals surface area contributed by atoms with E-state index in [1.165, 1.54) is 16.9 Å². The molecule has 0 bridgehead atoms. The third kappa shape index (κ3) is 4.21. The lowest BCUT2D eigenvalue weighted by Gasteiger charge is -2.26. The van der Waals surface area contributed by atoms with E-state index >= 15 is 0 Å². The van der Waals surface area contributed by atoms with E-state index in [1.54, 1.807) is 0 Å². The molecule has 3 aromatic heterocycles. The molecule has 1 aliphatic carbocycles. The van der Waals surface area contributed by atoms with E-state index in [0.717, 1.165) is 59.8 Å². The quantitative estimate of drug-likeness (QED) is 0.505. The largest absolute Gasteiger partial charge is 0.397 e. The number of fused-ring (bicyclic) bond motifs is 2. The first-order valence-corrected chi connectivity index (χ1v) is 12.6. The van der Waals surface area contributed by atoms with E-state index in [9.17, 15) is 4.79 Å². The molecule has 10 heteroatoms. The van der Waals surface area contributed by atoms with Gasteiger partial charge in [-0.25, -0.2) is 15.0 Å². The molecule has 4 heterocycles. The third-order valence-corrected chi connectivity index (χ3v) is 7.78. The Morgan fingerprint density at radius 1 is 1.26 bits per heavy atom. The number of aromatic nitrogens is 3. The zero-order valence-corrected chi connectivity index (χ0v) is 20.6. The van der Waals surface area contributed by atoms with Crippen molar-refractivity contribution in [2.75, 3.05) is 30.3 Å². The zero-order valence-electron chi connectivity index (χ0n) is 19.8. The summed E-state index contributed by atoms with van der Waals surface area (Å²) in [6.07, 6.45) is 2.44. The van der Waals surface area contributed by atoms with Gasteiger partial charge in [-0.2, -0.15) is 0 Å². The molecule has 0 saturated carbocycles. The normalized spacial score (nSPS) is 22.2. The lowest BCUT2D eigenvalue weighted by molar-refractivity contribution is 0.0680. The number of nitrogen functional groups attached to an aromatic ring is 1. The van der Waals surface area contributed by atoms with Crippen molar-refractivity contribution in [1.29, 1.82) is 0 Å². The van der Waals surface area contributed by atoms with Gasteiger partial charge in [0.1, 0.15) is 21.3 Å². The first-order valence-electron chi connectivity index (χ1n) is 11.8. The maximum absolute atomic E-state index is 13.1. The van der Waals surface area contributed by atoms with Gasteiger partial charge in [-0.15, -0.1) is 11.3 Å². The van der Waals surface area contributed by atoms with Crippen molar-refractivity contribution in [3.8, 4) is 0 Å². The SMILES string of the molecule is CCOC1CN(c2ccc3c(n2)CCC(NC(=O)c2sc4nc(C)nc(C)c4c2N)C3)CC1N. The van der Waals surface area contributed by atoms with Crippen LogP contribution in [0.15, 0.2) is 12.1 Å². The van der Waals surface area contributed by atoms with Gasteiger partial charge >= 0.3 is 0 Å². The lowest BCUT2D eigenvalue weighted by Crippen LogP contribution is -2.39. The Balaban J connectivity index is 1.28. The second kappa shape index (κ2) is 9.09. The fraction of sp³-hybridized carbons (Fsp3) is 0.500. The van der Waals surface area contributed by atoms with Crippen LogP contribution in [0, 0.1) is 13.8 Å². The molecule has 1 fully saturated rings. The topological polar surface area (TPSA) is 132 Å². The Morgan fingerprint density at radius 3 is 2.88 bits per heavy atom. The number of hydrogen-bond donors (Lipinski definition) is 3. The molecule has 3 aromatic rings. The molecule has 0 aromatic carbocycles. The van der Waals surface area contributed by atoms with Gasteiger partial charge in [0.25, 0.3) is 5.91 Å². The maximum Gasteiger partial charge on any atom is 0.263 e. The van der Waals surface area contributed by atoms with Gasteiger partial charge < -0.3 is 26.4 Å². The fourth-order valence-corrected chi connectivity index (χ4v) is 6.12. The van der Waals surface area contributed by atoms with Crippen LogP contribution < -0.4 is 21.7 Å². The van der Waals surface area contributed by atoms with Crippen LogP contribution in [0.4, 0.5) is 11.5 Å². The number of carbonyl (C=O) groups is 1. The second-order valence-electron chi connectivity index (χ2n) is 9.13. The highest BCUT2D eigenvalue weighted by molar-refractivity contribution is 7.21. The van der Waals surface area contributed by atoms with Crippen LogP contribution in [0.5, 0.6) is 0 Å². The summed E-state index contributed by atoms with van der Waals surface area (Å²) in [5.74, 6) is 1.48. The Bertz CT molecular complexity index is 1240. The first-order chi connectivity index (χ1) is 16.3. The number of amides is 1. The van der Waals surface area contributed by atoms with Crippen LogP contribution in [0.2, 0.25) is 0 Å². The summed E-state index contributed by atoms with van der Waals surface area (Å²) >= 11 is 1.33. The van der Waals surface area contributed by atoms with Gasteiger partial charge in [0, 0.05) is 31.4 Å². The van der Waals surface area contributed by atoms with Gasteiger partial charge in [-0.3, -0.25) is 4.79 Å². The highest BCUT2D eigenvalue weighted by Gasteiger charge is 2.32. The number of nitrogens with zero attached hydrogens (tertiary/aromatic N) is 4. The van der Waals surface area contributed by atoms with Gasteiger partial charge in [-0.1, -0.05) is 6.07 Å². The number of rotatable bonds is 5. The van der Waals surface area contributed by atoms with Crippen molar-refractivity contribution in [1.82, 2.24) is 20.3 Å². The second-order valence-corrected chi connectivity index (χ2v) is 10.1. The van der Waals surface area contributed by atoms with Crippen LogP contribution in [-0.2, 0) is 17.6 Å². The predicted octanol–water partition coefficient (Wildman–Crippen LogP) is 2.13. The van der Waals surface area contributed by atoms with Crippen LogP contribution in [0.25, 0.3) is 10.2 Å². The molecule has 3 atom stereocenters. The average molecular weight is 482 g/mol. The molecule has 34 heavy (non-hydrogen) atoms. The zero-order chi connectivity index (χ0) is 24.0. The van der Waals surface area contributed by atoms with Crippen molar-refractivity contribution < 1.29 is 9.53 Å². The minimum absolute atomic E-state index is 0.00241. The fourth-order valence-electron chi connectivity index (χ4n) is 5.03. The molecular formula is C24H31N7O2S. The van der Waals surface area contributed by atoms with Crippen molar-refractivity contribution in [3.63, 3.8) is 0 Å². The highest BCUT2D eigenvalue weighted by atomic mass is 32.1. The number of aryl methyl sites for hydroxylation is 3. The molecular weight excluding hydrogens is 450 g/mol. The summed E-state index contributed by atoms with van der Waals surface area (Å²) in [6, 6.07) is 4.22. The van der Waals surface area contributed by atoms with E-state index in [4.69, 9.17) is 21.2 Å². The summed E-state index contributed by atoms with van der Waals surface area (Å²) < 4.78 is 5.76. The molecule has 2 aliphatic rings. The van der Waals surface area contributed by atoms with E-state index in [0.29, 0.717) is 23.0 Å². The lowest BCUT2D eigenvalue weighted by atomic mass is 9.91. The molecule has 180 valence electrons. The summed E-state index contributed by atoms with van der Waals surface area (Å²) in [7, 11) is 0. The molecule has 3 unspecified atom stereocenters. The number of nitrogens with two attached hydrogens (primary N) is 2. The molecule has 0 radical (unpaired) electrons. The van der Waals surface area contributed by atoms with Crippen molar-refractivity contribution in [2.24, 2.45) is 5.73 Å². The summed E-state index contributed by atoms with van der Waals surface area (Å²) in [5, 5.41) is 3.96. The number of carbonyl (C=O) groups excluding carboxylic acids is 1. The van der Waals surface area contributed by atoms with Crippen LogP contribution in [-0.4, -0.2) is 58.7 Å². The van der Waals surface area contributed by atoms with Crippen LogP contribution in [0.3, 0.4) is 0 Å². The Kier molecular flexibility index (Phi) is 6.13. The molecule has 9 nitrogen and oxygen atoms in total. The van der Waals surface area contributed by atoms with Gasteiger partial charge in [-0.05, 0) is 51.7 Å². The smallest absolute Gasteiger partial charge is 0.263 e. The maximum atomic E-state index is 13.1. The predicted molar refractivity (Wildman–Crippen MR) is 134 cm³/mol. The van der Waals surface area contributed by atoms with Gasteiger partial charge in [0.15, 0.2) is 0 Å². The minimum atomic E-state index is -0.149. The van der Waals surface area contributed by atoms with E-state index in [1.807, 2.05) is 20.8 Å². The summed E-state index contributed by atoms with van der Waals surface area (Å²) in [4.78, 5) is 30.3. The van der Waals surface area contributed by atoms with Crippen molar-refractivity contribution in [3.05, 3.63) is 39.8 Å². The summed E-state index contributed by atoms with van der Waals surface area (Å²) in [5.41, 5.74) is 16.1. The standard InChI is InChI=1S/C24H31N7O2S/c1-4-33-18-11-31(10-16(18)25)19-8-5-14-9-15(6-7-17(14)30-19)29-23(32)22-21(26)20-12(2)27-13(3)28-24(20)34-22/h5,8,15-16,18H,4,6-7,9-11,25-26H2,1-3H3,(H,29,32). The van der Waals surface area contributed by atoms with Gasteiger partial charge in [0.2, 0.25) is 0 Å². The van der Waals surface area contributed by atoms with Crippen LogP contribution in [0.1, 0.15) is 45.8 Å². The average Bonchev–Trinajstić information content (AvgIpc) is 3.33. The Labute approximate surface area is 202 Å². The monoisotopic (exact) mass is 481 g/mol. The number of pyridine rings is 1. The first kappa shape index (κ1) is 22.9. The molecule has 1 amide bonds. The van der Waals surface area contributed by atoms with Crippen molar-refractivity contribution in [2.45, 2.75) is 58.2 Å². The van der Waals surface area contributed by atoms with Crippen LogP contribution >= 0.6 is 11.3 Å². The number of hydrogen-bond acceptors (Lipinski definition) is 9. The summed E-state index contributed by atoms with van der Waals surface area (Å²) in [6.45, 7) is 7.91. The molecule has 1 saturated heterocycles. The minimum Gasteiger partial charge on any atom is -0.397 e. The van der Waals surface area contributed by atoms with Gasteiger partial charge in [0.05, 0.1) is 28.9 Å². The third-order valence-electron chi connectivity index (χ3n) is 6.69. The van der Waals surface area contributed by atoms with Crippen molar-refractivity contribution >= 4 is 39.0 Å². The number of nitrogens with one attached hydrogen (secondary N) is 1. The Hall–Kier alpha value is -2.82. The van der Waals surface area contributed by atoms with E-state index in [2.05, 4.69) is 32.3 Å². The molecule has 5 N–H and O–H groups in total. The van der Waals surface area contributed by atoms with E-state index < -0.39 is 0 Å². The molecule has 5 rings (SSSR count). The highest BCUT2D eigenvalue weighted by Crippen LogP contribution is 2.34. The molecule has 0 spiro atoms. The number of thiophene rings is 1.